The molecule has 1 aromatic heterocycles. The molecule has 3 aromatic rings. The highest BCUT2D eigenvalue weighted by Gasteiger charge is 2.32. The Bertz CT molecular complexity index is 1100. The molecule has 1 aliphatic carbocycles. The molecular formula is C25H26FNOS2. The number of carbonyl (C=O) groups excluding carboxylic acids is 1. The highest BCUT2D eigenvalue weighted by atomic mass is 32.1. The quantitative estimate of drug-likeness (QED) is 0.326. The lowest BCUT2D eigenvalue weighted by atomic mass is 9.75. The number of carbonyl (C=O) groups is 1. The van der Waals surface area contributed by atoms with E-state index in [1.54, 1.807) is 24.3 Å². The molecule has 30 heavy (non-hydrogen) atoms. The molecule has 0 unspecified atom stereocenters. The summed E-state index contributed by atoms with van der Waals surface area (Å²) in [4.78, 5) is 15.4. The SMILES string of the molecule is CC(=O)c1c(-c2ccc(CNc3ccc(S)cc3)cc2F)sc2c1CC(C)(C)CC2. The van der Waals surface area contributed by atoms with Crippen molar-refractivity contribution in [1.82, 2.24) is 0 Å². The number of thiol groups is 1. The van der Waals surface area contributed by atoms with Crippen LogP contribution in [-0.2, 0) is 19.4 Å². The monoisotopic (exact) mass is 439 g/mol. The normalized spacial score (nSPS) is 15.0. The molecule has 1 aliphatic rings. The molecule has 0 aliphatic heterocycles. The summed E-state index contributed by atoms with van der Waals surface area (Å²) in [6, 6.07) is 13.1. The second-order valence-corrected chi connectivity index (χ2v) is 10.4. The van der Waals surface area contributed by atoms with E-state index >= 15 is 4.39 Å². The predicted molar refractivity (Wildman–Crippen MR) is 127 cm³/mol. The van der Waals surface area contributed by atoms with Crippen LogP contribution in [0.25, 0.3) is 10.4 Å². The van der Waals surface area contributed by atoms with Gasteiger partial charge >= 0.3 is 0 Å². The maximum atomic E-state index is 15.1. The zero-order valence-electron chi connectivity index (χ0n) is 17.5. The number of hydrogen-bond donors (Lipinski definition) is 2. The van der Waals surface area contributed by atoms with E-state index in [2.05, 4.69) is 31.8 Å². The Hall–Kier alpha value is -2.11. The van der Waals surface area contributed by atoms with Gasteiger partial charge in [-0.05, 0) is 73.1 Å². The van der Waals surface area contributed by atoms with E-state index in [0.717, 1.165) is 51.4 Å². The maximum Gasteiger partial charge on any atom is 0.161 e. The van der Waals surface area contributed by atoms with Crippen LogP contribution in [-0.4, -0.2) is 5.78 Å². The first-order chi connectivity index (χ1) is 14.2. The van der Waals surface area contributed by atoms with Crippen LogP contribution in [0.4, 0.5) is 10.1 Å². The summed E-state index contributed by atoms with van der Waals surface area (Å²) in [5, 5.41) is 3.30. The molecular weight excluding hydrogens is 413 g/mol. The summed E-state index contributed by atoms with van der Waals surface area (Å²) in [5.41, 5.74) is 4.38. The molecule has 156 valence electrons. The van der Waals surface area contributed by atoms with Gasteiger partial charge in [-0.15, -0.1) is 24.0 Å². The number of nitrogens with one attached hydrogen (secondary N) is 1. The summed E-state index contributed by atoms with van der Waals surface area (Å²) in [5.74, 6) is -0.252. The van der Waals surface area contributed by atoms with E-state index in [1.807, 2.05) is 36.4 Å². The minimum absolute atomic E-state index is 0.0259. The molecule has 2 nitrogen and oxygen atoms in total. The standard InChI is InChI=1S/C25H26FNOS2/c1-15(28)23-20-13-25(2,3)11-10-22(20)30-24(23)19-9-4-16(12-21(19)26)14-27-17-5-7-18(29)8-6-17/h4-9,12,27,29H,10-11,13-14H2,1-3H3. The lowest BCUT2D eigenvalue weighted by molar-refractivity contribution is 0.101. The van der Waals surface area contributed by atoms with Gasteiger partial charge in [-0.2, -0.15) is 0 Å². The lowest BCUT2D eigenvalue weighted by Gasteiger charge is -2.29. The molecule has 1 heterocycles. The fraction of sp³-hybridized carbons (Fsp3) is 0.320. The highest BCUT2D eigenvalue weighted by molar-refractivity contribution is 7.80. The van der Waals surface area contributed by atoms with Crippen molar-refractivity contribution in [3.05, 3.63) is 69.8 Å². The van der Waals surface area contributed by atoms with Crippen molar-refractivity contribution in [3.8, 4) is 10.4 Å². The van der Waals surface area contributed by atoms with E-state index in [9.17, 15) is 4.79 Å². The molecule has 0 atom stereocenters. The molecule has 5 heteroatoms. The molecule has 0 spiro atoms. The first-order valence-electron chi connectivity index (χ1n) is 10.2. The van der Waals surface area contributed by atoms with Crippen LogP contribution in [0, 0.1) is 11.2 Å². The zero-order valence-corrected chi connectivity index (χ0v) is 19.2. The third-order valence-electron chi connectivity index (χ3n) is 5.77. The molecule has 0 fully saturated rings. The Balaban J connectivity index is 1.62. The van der Waals surface area contributed by atoms with Crippen molar-refractivity contribution in [2.45, 2.75) is 51.5 Å². The molecule has 0 saturated carbocycles. The van der Waals surface area contributed by atoms with Gasteiger partial charge in [-0.25, -0.2) is 4.39 Å². The number of anilines is 1. The first kappa shape index (κ1) is 21.1. The Labute approximate surface area is 186 Å². The van der Waals surface area contributed by atoms with Gasteiger partial charge in [-0.1, -0.05) is 26.0 Å². The van der Waals surface area contributed by atoms with Crippen molar-refractivity contribution in [1.29, 1.82) is 0 Å². The highest BCUT2D eigenvalue weighted by Crippen LogP contribution is 2.45. The second-order valence-electron chi connectivity index (χ2n) is 8.82. The zero-order chi connectivity index (χ0) is 21.5. The van der Waals surface area contributed by atoms with E-state index in [-0.39, 0.29) is 17.0 Å². The van der Waals surface area contributed by atoms with Crippen molar-refractivity contribution >= 4 is 35.4 Å². The van der Waals surface area contributed by atoms with Crippen molar-refractivity contribution in [3.63, 3.8) is 0 Å². The molecule has 4 rings (SSSR count). The number of rotatable bonds is 5. The Morgan fingerprint density at radius 1 is 1.20 bits per heavy atom. The summed E-state index contributed by atoms with van der Waals surface area (Å²) in [6.07, 6.45) is 2.93. The van der Waals surface area contributed by atoms with Gasteiger partial charge in [-0.3, -0.25) is 4.79 Å². The van der Waals surface area contributed by atoms with Crippen molar-refractivity contribution < 1.29 is 9.18 Å². The molecule has 0 radical (unpaired) electrons. The van der Waals surface area contributed by atoms with E-state index in [4.69, 9.17) is 0 Å². The van der Waals surface area contributed by atoms with Crippen molar-refractivity contribution in [2.75, 3.05) is 5.32 Å². The second kappa shape index (κ2) is 8.20. The fourth-order valence-electron chi connectivity index (χ4n) is 4.12. The minimum atomic E-state index is -0.277. The molecule has 0 amide bonds. The average molecular weight is 440 g/mol. The van der Waals surface area contributed by atoms with Gasteiger partial charge in [0.25, 0.3) is 0 Å². The molecule has 2 aromatic carbocycles. The van der Waals surface area contributed by atoms with Crippen LogP contribution in [0.2, 0.25) is 0 Å². The van der Waals surface area contributed by atoms with Gasteiger partial charge in [0.2, 0.25) is 0 Å². The van der Waals surface area contributed by atoms with Crippen LogP contribution in [0.1, 0.15) is 53.6 Å². The van der Waals surface area contributed by atoms with Crippen LogP contribution >= 0.6 is 24.0 Å². The van der Waals surface area contributed by atoms with Gasteiger partial charge in [0.1, 0.15) is 5.82 Å². The summed E-state index contributed by atoms with van der Waals surface area (Å²) in [6.45, 7) is 6.60. The third-order valence-corrected chi connectivity index (χ3v) is 7.39. The van der Waals surface area contributed by atoms with Gasteiger partial charge in [0.05, 0.1) is 0 Å². The number of Topliss-reactive ketones (excluding diaryl/α,β-unsaturated/α-hetero) is 1. The van der Waals surface area contributed by atoms with E-state index in [1.165, 1.54) is 4.88 Å². The Morgan fingerprint density at radius 3 is 2.60 bits per heavy atom. The number of hydrogen-bond acceptors (Lipinski definition) is 4. The summed E-state index contributed by atoms with van der Waals surface area (Å²) >= 11 is 5.88. The number of thiophene rings is 1. The molecule has 1 N–H and O–H groups in total. The Kier molecular flexibility index (Phi) is 5.78. The maximum absolute atomic E-state index is 15.1. The van der Waals surface area contributed by atoms with E-state index < -0.39 is 0 Å². The number of aryl methyl sites for hydroxylation is 1. The van der Waals surface area contributed by atoms with Gasteiger partial charge < -0.3 is 5.32 Å². The van der Waals surface area contributed by atoms with Crippen molar-refractivity contribution in [2.24, 2.45) is 5.41 Å². The van der Waals surface area contributed by atoms with E-state index in [0.29, 0.717) is 12.1 Å². The van der Waals surface area contributed by atoms with Gasteiger partial charge in [0.15, 0.2) is 5.78 Å². The fourth-order valence-corrected chi connectivity index (χ4v) is 5.66. The van der Waals surface area contributed by atoms with Gasteiger partial charge in [0, 0.05) is 38.0 Å². The Morgan fingerprint density at radius 2 is 1.93 bits per heavy atom. The van der Waals surface area contributed by atoms with Crippen LogP contribution < -0.4 is 5.32 Å². The van der Waals surface area contributed by atoms with Crippen LogP contribution in [0.3, 0.4) is 0 Å². The van der Waals surface area contributed by atoms with Crippen LogP contribution in [0.15, 0.2) is 47.4 Å². The van der Waals surface area contributed by atoms with Crippen LogP contribution in [0.5, 0.6) is 0 Å². The number of ketones is 1. The smallest absolute Gasteiger partial charge is 0.161 e. The third kappa shape index (κ3) is 4.33. The summed E-state index contributed by atoms with van der Waals surface area (Å²) < 4.78 is 15.1. The minimum Gasteiger partial charge on any atom is -0.381 e. The molecule has 0 saturated heterocycles. The summed E-state index contributed by atoms with van der Waals surface area (Å²) in [7, 11) is 0. The predicted octanol–water partition coefficient (Wildman–Crippen LogP) is 7.17. The average Bonchev–Trinajstić information content (AvgIpc) is 3.05. The topological polar surface area (TPSA) is 29.1 Å². The lowest BCUT2D eigenvalue weighted by Crippen LogP contribution is -2.22. The largest absolute Gasteiger partial charge is 0.381 e. The number of benzene rings is 2. The number of halogens is 1. The molecule has 0 bridgehead atoms. The number of fused-ring (bicyclic) bond motifs is 1. The first-order valence-corrected chi connectivity index (χ1v) is 11.5.